The first kappa shape index (κ1) is 11.8. The summed E-state index contributed by atoms with van der Waals surface area (Å²) in [5.41, 5.74) is 0. The maximum atomic E-state index is 11.6. The number of halogens is 1. The van der Waals surface area contributed by atoms with Crippen LogP contribution in [0.4, 0.5) is 0 Å². The van der Waals surface area contributed by atoms with Crippen LogP contribution in [-0.4, -0.2) is 18.7 Å². The van der Waals surface area contributed by atoms with Gasteiger partial charge in [-0.2, -0.15) is 0 Å². The van der Waals surface area contributed by atoms with E-state index in [0.717, 1.165) is 0 Å². The fraction of sp³-hybridized carbons (Fsp3) is 0.300. The summed E-state index contributed by atoms with van der Waals surface area (Å²) in [6.45, 7) is 1.87. The van der Waals surface area contributed by atoms with Crippen molar-refractivity contribution >= 4 is 35.1 Å². The van der Waals surface area contributed by atoms with Gasteiger partial charge in [0, 0.05) is 3.57 Å². The summed E-state index contributed by atoms with van der Waals surface area (Å²) < 4.78 is 28.3. The summed E-state index contributed by atoms with van der Waals surface area (Å²) in [5.74, 6) is 0.228. The molecule has 0 N–H and O–H groups in total. The van der Waals surface area contributed by atoms with Crippen LogP contribution in [0.3, 0.4) is 0 Å². The van der Waals surface area contributed by atoms with Gasteiger partial charge in [-0.3, -0.25) is 0 Å². The highest BCUT2D eigenvalue weighted by Crippen LogP contribution is 2.15. The molecule has 0 fully saturated rings. The fourth-order valence-electron chi connectivity index (χ4n) is 1.12. The fourth-order valence-corrected chi connectivity index (χ4v) is 3.31. The van der Waals surface area contributed by atoms with Gasteiger partial charge >= 0.3 is 0 Å². The first-order valence-electron chi connectivity index (χ1n) is 4.31. The minimum absolute atomic E-state index is 0.193. The van der Waals surface area contributed by atoms with Crippen LogP contribution in [-0.2, 0) is 9.84 Å². The summed E-state index contributed by atoms with van der Waals surface area (Å²) in [4.78, 5) is 0.431. The molecule has 78 valence electrons. The van der Waals surface area contributed by atoms with Crippen molar-refractivity contribution in [1.29, 1.82) is 0 Å². The first-order chi connectivity index (χ1) is 6.60. The average Bonchev–Trinajstić information content (AvgIpc) is 2.18. The second-order valence-electron chi connectivity index (χ2n) is 2.91. The van der Waals surface area contributed by atoms with Gasteiger partial charge in [0.05, 0.1) is 10.6 Å². The predicted octanol–water partition coefficient (Wildman–Crippen LogP) is 2.44. The molecule has 0 heterocycles. The van der Waals surface area contributed by atoms with E-state index < -0.39 is 9.84 Å². The standard InChI is InChI=1S/C10H13IO2S/c1-3-8-14(12,13)10-6-4-9(11-2)5-7-10/h4-7H,2-3,8H2,1H3. The zero-order valence-electron chi connectivity index (χ0n) is 8.03. The molecule has 0 saturated heterocycles. The van der Waals surface area contributed by atoms with Crippen LogP contribution >= 0.6 is 20.7 Å². The summed E-state index contributed by atoms with van der Waals surface area (Å²) in [6.07, 6.45) is 0.659. The molecule has 1 rings (SSSR count). The highest BCUT2D eigenvalue weighted by molar-refractivity contribution is 14.2. The Morgan fingerprint density at radius 1 is 1.29 bits per heavy atom. The average molecular weight is 324 g/mol. The maximum absolute atomic E-state index is 11.6. The Morgan fingerprint density at radius 2 is 1.86 bits per heavy atom. The minimum atomic E-state index is -3.04. The Balaban J connectivity index is 3.03. The van der Waals surface area contributed by atoms with Gasteiger partial charge in [-0.15, -0.1) is 0 Å². The summed E-state index contributed by atoms with van der Waals surface area (Å²) in [5, 5.41) is 0. The third-order valence-corrected chi connectivity index (χ3v) is 5.34. The van der Waals surface area contributed by atoms with E-state index in [2.05, 4.69) is 4.51 Å². The SMILES string of the molecule is C=Ic1ccc(S(=O)(=O)CCC)cc1. The molecule has 14 heavy (non-hydrogen) atoms. The molecule has 0 aliphatic rings. The van der Waals surface area contributed by atoms with Gasteiger partial charge in [0.1, 0.15) is 0 Å². The van der Waals surface area contributed by atoms with Gasteiger partial charge in [0.15, 0.2) is 9.84 Å². The number of hydrogen-bond acceptors (Lipinski definition) is 2. The molecule has 0 saturated carbocycles. The molecule has 0 aliphatic carbocycles. The first-order valence-corrected chi connectivity index (χ1v) is 8.57. The Morgan fingerprint density at radius 3 is 2.29 bits per heavy atom. The molecule has 0 amide bonds. The molecule has 0 atom stereocenters. The molecule has 0 aromatic heterocycles. The lowest BCUT2D eigenvalue weighted by Gasteiger charge is -2.02. The second kappa shape index (κ2) is 5.02. The predicted molar refractivity (Wildman–Crippen MR) is 68.6 cm³/mol. The lowest BCUT2D eigenvalue weighted by atomic mass is 10.4. The van der Waals surface area contributed by atoms with E-state index in [-0.39, 0.29) is 26.5 Å². The van der Waals surface area contributed by atoms with Crippen molar-refractivity contribution in [3.8, 4) is 0 Å². The van der Waals surface area contributed by atoms with Crippen molar-refractivity contribution in [2.75, 3.05) is 5.75 Å². The molecule has 2 nitrogen and oxygen atoms in total. The Labute approximate surface area is 95.0 Å². The molecular weight excluding hydrogens is 311 g/mol. The highest BCUT2D eigenvalue weighted by Gasteiger charge is 2.11. The van der Waals surface area contributed by atoms with Crippen LogP contribution in [0.2, 0.25) is 0 Å². The Kier molecular flexibility index (Phi) is 4.25. The zero-order chi connectivity index (χ0) is 10.6. The van der Waals surface area contributed by atoms with Gasteiger partial charge in [-0.25, -0.2) is 8.42 Å². The monoisotopic (exact) mass is 324 g/mol. The second-order valence-corrected chi connectivity index (χ2v) is 7.02. The van der Waals surface area contributed by atoms with E-state index in [4.69, 9.17) is 0 Å². The van der Waals surface area contributed by atoms with E-state index in [1.165, 1.54) is 3.57 Å². The van der Waals surface area contributed by atoms with Crippen molar-refractivity contribution in [1.82, 2.24) is 0 Å². The molecule has 1 aromatic carbocycles. The van der Waals surface area contributed by atoms with E-state index >= 15 is 0 Å². The van der Waals surface area contributed by atoms with Crippen molar-refractivity contribution < 1.29 is 8.42 Å². The van der Waals surface area contributed by atoms with Gasteiger partial charge in [-0.05, 0) is 30.7 Å². The number of sulfone groups is 1. The Bertz CT molecular complexity index is 406. The smallest absolute Gasteiger partial charge is 0.178 e. The quantitative estimate of drug-likeness (QED) is 0.797. The van der Waals surface area contributed by atoms with E-state index in [1.54, 1.807) is 12.1 Å². The lowest BCUT2D eigenvalue weighted by Crippen LogP contribution is -2.05. The van der Waals surface area contributed by atoms with Crippen molar-refractivity contribution in [2.24, 2.45) is 0 Å². The van der Waals surface area contributed by atoms with Crippen molar-refractivity contribution in [3.05, 3.63) is 27.8 Å². The van der Waals surface area contributed by atoms with Gasteiger partial charge < -0.3 is 0 Å². The van der Waals surface area contributed by atoms with Crippen molar-refractivity contribution in [3.63, 3.8) is 0 Å². The molecule has 0 bridgehead atoms. The van der Waals surface area contributed by atoms with Crippen LogP contribution in [0.5, 0.6) is 0 Å². The summed E-state index contributed by atoms with van der Waals surface area (Å²) in [7, 11) is -3.04. The Hall–Kier alpha value is -0.230. The van der Waals surface area contributed by atoms with E-state index in [0.29, 0.717) is 11.3 Å². The third kappa shape index (κ3) is 2.88. The minimum Gasteiger partial charge on any atom is -0.224 e. The number of benzene rings is 1. The van der Waals surface area contributed by atoms with Crippen LogP contribution in [0, 0.1) is 3.57 Å². The molecule has 0 radical (unpaired) electrons. The van der Waals surface area contributed by atoms with Crippen LogP contribution in [0.15, 0.2) is 29.2 Å². The summed E-state index contributed by atoms with van der Waals surface area (Å²) in [6, 6.07) is 7.10. The normalized spacial score (nSPS) is 11.5. The molecular formula is C10H13IO2S. The molecule has 0 unspecified atom stereocenters. The molecule has 1 aromatic rings. The van der Waals surface area contributed by atoms with Crippen LogP contribution < -0.4 is 0 Å². The van der Waals surface area contributed by atoms with Gasteiger partial charge in [-0.1, -0.05) is 32.2 Å². The number of rotatable bonds is 4. The zero-order valence-corrected chi connectivity index (χ0v) is 11.0. The van der Waals surface area contributed by atoms with Gasteiger partial charge in [0.25, 0.3) is 0 Å². The molecule has 0 spiro atoms. The topological polar surface area (TPSA) is 34.1 Å². The lowest BCUT2D eigenvalue weighted by molar-refractivity contribution is 0.594. The number of hydrogen-bond donors (Lipinski definition) is 0. The maximum Gasteiger partial charge on any atom is 0.178 e. The van der Waals surface area contributed by atoms with E-state index in [1.807, 2.05) is 19.1 Å². The van der Waals surface area contributed by atoms with Crippen LogP contribution in [0.1, 0.15) is 13.3 Å². The third-order valence-electron chi connectivity index (χ3n) is 1.80. The van der Waals surface area contributed by atoms with Gasteiger partial charge in [0.2, 0.25) is 0 Å². The summed E-state index contributed by atoms with van der Waals surface area (Å²) >= 11 is -0.193. The highest BCUT2D eigenvalue weighted by atomic mass is 127. The van der Waals surface area contributed by atoms with Crippen LogP contribution in [0.25, 0.3) is 0 Å². The van der Waals surface area contributed by atoms with Crippen molar-refractivity contribution in [2.45, 2.75) is 18.2 Å². The van der Waals surface area contributed by atoms with E-state index in [9.17, 15) is 8.42 Å². The largest absolute Gasteiger partial charge is 0.224 e. The molecule has 4 heteroatoms. The molecule has 0 aliphatic heterocycles.